The van der Waals surface area contributed by atoms with E-state index in [1.165, 1.54) is 0 Å². The number of rotatable bonds is 2. The molecule has 1 heterocycles. The largest absolute Gasteiger partial charge is 0.333 e. The summed E-state index contributed by atoms with van der Waals surface area (Å²) in [4.78, 5) is 13.5. The van der Waals surface area contributed by atoms with Gasteiger partial charge in [0.1, 0.15) is 0 Å². The second kappa shape index (κ2) is 3.59. The molecule has 74 valence electrons. The molecule has 0 radical (unpaired) electrons. The van der Waals surface area contributed by atoms with Crippen LogP contribution in [0.2, 0.25) is 5.02 Å². The van der Waals surface area contributed by atoms with Crippen LogP contribution >= 0.6 is 11.6 Å². The summed E-state index contributed by atoms with van der Waals surface area (Å²) < 4.78 is 0. The third-order valence-electron chi connectivity index (χ3n) is 2.35. The lowest BCUT2D eigenvalue weighted by atomic mass is 10.1. The summed E-state index contributed by atoms with van der Waals surface area (Å²) in [7, 11) is 0. The van der Waals surface area contributed by atoms with Crippen molar-refractivity contribution in [1.29, 1.82) is 0 Å². The number of carbonyl (C=O) groups is 1. The fourth-order valence-electron chi connectivity index (χ4n) is 1.69. The van der Waals surface area contributed by atoms with E-state index in [-0.39, 0.29) is 5.91 Å². The first-order chi connectivity index (χ1) is 6.72. The predicted molar refractivity (Wildman–Crippen MR) is 55.2 cm³/mol. The van der Waals surface area contributed by atoms with Gasteiger partial charge in [-0.05, 0) is 23.8 Å². The molecule has 0 atom stereocenters. The second-order valence-corrected chi connectivity index (χ2v) is 3.75. The van der Waals surface area contributed by atoms with Gasteiger partial charge in [-0.25, -0.2) is 0 Å². The molecule has 0 aromatic heterocycles. The molecule has 0 bridgehead atoms. The Bertz CT molecular complexity index is 378. The molecular weight excluding hydrogens is 200 g/mol. The zero-order valence-electron chi connectivity index (χ0n) is 7.66. The molecule has 0 saturated heterocycles. The lowest BCUT2D eigenvalue weighted by Crippen LogP contribution is -2.29. The lowest BCUT2D eigenvalue weighted by Gasteiger charge is -2.13. The van der Waals surface area contributed by atoms with E-state index in [4.69, 9.17) is 17.3 Å². The van der Waals surface area contributed by atoms with Crippen molar-refractivity contribution < 1.29 is 4.79 Å². The van der Waals surface area contributed by atoms with Crippen LogP contribution < -0.4 is 5.73 Å². The van der Waals surface area contributed by atoms with E-state index in [0.717, 1.165) is 11.1 Å². The first-order valence-electron chi connectivity index (χ1n) is 4.50. The Balaban J connectivity index is 2.31. The van der Waals surface area contributed by atoms with Gasteiger partial charge in [0, 0.05) is 30.2 Å². The minimum Gasteiger partial charge on any atom is -0.333 e. The molecule has 4 heteroatoms. The molecule has 1 aromatic carbocycles. The van der Waals surface area contributed by atoms with E-state index >= 15 is 0 Å². The van der Waals surface area contributed by atoms with Gasteiger partial charge >= 0.3 is 0 Å². The van der Waals surface area contributed by atoms with Gasteiger partial charge in [-0.3, -0.25) is 4.79 Å². The quantitative estimate of drug-likeness (QED) is 0.799. The number of amides is 1. The van der Waals surface area contributed by atoms with E-state index in [1.807, 2.05) is 6.07 Å². The number of fused-ring (bicyclic) bond motifs is 1. The van der Waals surface area contributed by atoms with Gasteiger partial charge in [-0.1, -0.05) is 11.6 Å². The molecule has 0 fully saturated rings. The van der Waals surface area contributed by atoms with Crippen LogP contribution in [0.15, 0.2) is 18.2 Å². The smallest absolute Gasteiger partial charge is 0.254 e. The summed E-state index contributed by atoms with van der Waals surface area (Å²) in [5, 5.41) is 0.672. The molecule has 1 aliphatic heterocycles. The molecule has 0 aliphatic carbocycles. The van der Waals surface area contributed by atoms with Gasteiger partial charge in [0.05, 0.1) is 0 Å². The lowest BCUT2D eigenvalue weighted by molar-refractivity contribution is 0.0783. The van der Waals surface area contributed by atoms with Gasteiger partial charge in [-0.15, -0.1) is 0 Å². The number of benzene rings is 1. The Morgan fingerprint density at radius 3 is 3.00 bits per heavy atom. The fourth-order valence-corrected chi connectivity index (χ4v) is 1.88. The van der Waals surface area contributed by atoms with Gasteiger partial charge < -0.3 is 10.6 Å². The van der Waals surface area contributed by atoms with E-state index in [9.17, 15) is 4.79 Å². The van der Waals surface area contributed by atoms with Crippen LogP contribution in [0.3, 0.4) is 0 Å². The van der Waals surface area contributed by atoms with Crippen LogP contribution in [0, 0.1) is 0 Å². The third-order valence-corrected chi connectivity index (χ3v) is 2.58. The highest BCUT2D eigenvalue weighted by Gasteiger charge is 2.26. The number of nitrogens with zero attached hydrogens (tertiary/aromatic N) is 1. The van der Waals surface area contributed by atoms with Crippen molar-refractivity contribution in [3.63, 3.8) is 0 Å². The Labute approximate surface area is 87.4 Å². The predicted octanol–water partition coefficient (Wildman–Crippen LogP) is 1.25. The molecule has 0 unspecified atom stereocenters. The van der Waals surface area contributed by atoms with Gasteiger partial charge in [0.15, 0.2) is 0 Å². The van der Waals surface area contributed by atoms with Gasteiger partial charge in [0.2, 0.25) is 0 Å². The van der Waals surface area contributed by atoms with Crippen molar-refractivity contribution in [3.8, 4) is 0 Å². The van der Waals surface area contributed by atoms with Crippen LogP contribution in [0.25, 0.3) is 0 Å². The monoisotopic (exact) mass is 210 g/mol. The standard InChI is InChI=1S/C10H11ClN2O/c11-8-1-2-9-7(5-8)6-13(4-3-12)10(9)14/h1-2,5H,3-4,6,12H2. The molecule has 0 saturated carbocycles. The maximum absolute atomic E-state index is 11.7. The van der Waals surface area contributed by atoms with E-state index < -0.39 is 0 Å². The highest BCUT2D eigenvalue weighted by atomic mass is 35.5. The SMILES string of the molecule is NCCN1Cc2cc(Cl)ccc2C1=O. The van der Waals surface area contributed by atoms with Gasteiger partial charge in [0.25, 0.3) is 5.91 Å². The third kappa shape index (κ3) is 1.49. The fraction of sp³-hybridized carbons (Fsp3) is 0.300. The highest BCUT2D eigenvalue weighted by Crippen LogP contribution is 2.25. The minimum atomic E-state index is 0.0575. The van der Waals surface area contributed by atoms with Crippen LogP contribution in [0.5, 0.6) is 0 Å². The van der Waals surface area contributed by atoms with Crippen molar-refractivity contribution in [2.24, 2.45) is 5.73 Å². The van der Waals surface area contributed by atoms with Crippen LogP contribution in [-0.4, -0.2) is 23.9 Å². The molecular formula is C10H11ClN2O. The number of hydrogen-bond donors (Lipinski definition) is 1. The Kier molecular flexibility index (Phi) is 2.44. The first kappa shape index (κ1) is 9.49. The van der Waals surface area contributed by atoms with Crippen molar-refractivity contribution in [1.82, 2.24) is 4.90 Å². The molecule has 2 N–H and O–H groups in total. The molecule has 2 rings (SSSR count). The maximum atomic E-state index is 11.7. The molecule has 14 heavy (non-hydrogen) atoms. The number of nitrogens with two attached hydrogens (primary N) is 1. The maximum Gasteiger partial charge on any atom is 0.254 e. The molecule has 0 spiro atoms. The summed E-state index contributed by atoms with van der Waals surface area (Å²) in [6.45, 7) is 1.73. The van der Waals surface area contributed by atoms with Crippen LogP contribution in [0.4, 0.5) is 0 Å². The highest BCUT2D eigenvalue weighted by molar-refractivity contribution is 6.30. The molecule has 3 nitrogen and oxygen atoms in total. The van der Waals surface area contributed by atoms with E-state index in [2.05, 4.69) is 0 Å². The summed E-state index contributed by atoms with van der Waals surface area (Å²) in [6, 6.07) is 5.35. The van der Waals surface area contributed by atoms with E-state index in [0.29, 0.717) is 24.7 Å². The van der Waals surface area contributed by atoms with Crippen molar-refractivity contribution in [2.75, 3.05) is 13.1 Å². The second-order valence-electron chi connectivity index (χ2n) is 3.32. The van der Waals surface area contributed by atoms with Gasteiger partial charge in [-0.2, -0.15) is 0 Å². The Morgan fingerprint density at radius 1 is 1.50 bits per heavy atom. The average Bonchev–Trinajstić information content (AvgIpc) is 2.44. The minimum absolute atomic E-state index is 0.0575. The number of halogens is 1. The van der Waals surface area contributed by atoms with Crippen molar-refractivity contribution in [2.45, 2.75) is 6.54 Å². The summed E-state index contributed by atoms with van der Waals surface area (Å²) >= 11 is 5.84. The normalized spacial score (nSPS) is 14.7. The number of carbonyl (C=O) groups excluding carboxylic acids is 1. The van der Waals surface area contributed by atoms with Crippen LogP contribution in [-0.2, 0) is 6.54 Å². The summed E-state index contributed by atoms with van der Waals surface area (Å²) in [6.07, 6.45) is 0. The average molecular weight is 211 g/mol. The number of hydrogen-bond acceptors (Lipinski definition) is 2. The molecule has 1 aromatic rings. The van der Waals surface area contributed by atoms with E-state index in [1.54, 1.807) is 17.0 Å². The topological polar surface area (TPSA) is 46.3 Å². The van der Waals surface area contributed by atoms with Crippen molar-refractivity contribution >= 4 is 17.5 Å². The molecule has 1 amide bonds. The zero-order chi connectivity index (χ0) is 10.1. The Hall–Kier alpha value is -1.06. The summed E-state index contributed by atoms with van der Waals surface area (Å²) in [5.41, 5.74) is 7.16. The van der Waals surface area contributed by atoms with Crippen molar-refractivity contribution in [3.05, 3.63) is 34.3 Å². The summed E-state index contributed by atoms with van der Waals surface area (Å²) in [5.74, 6) is 0.0575. The Morgan fingerprint density at radius 2 is 2.29 bits per heavy atom. The van der Waals surface area contributed by atoms with Crippen LogP contribution in [0.1, 0.15) is 15.9 Å². The first-order valence-corrected chi connectivity index (χ1v) is 4.88. The zero-order valence-corrected chi connectivity index (χ0v) is 8.42. The molecule has 1 aliphatic rings.